The van der Waals surface area contributed by atoms with Crippen molar-refractivity contribution in [2.24, 2.45) is 4.99 Å². The SMILES string of the molecule is CN1C(c2c(O)c(O)c(O)c(O)c2O)=NC(c2ccc(F)c(C#N)c2)NC1c1cc(O)c(O)c(O)c1O. The maximum Gasteiger partial charge on any atom is 0.208 e. The molecule has 2 atom stereocenters. The van der Waals surface area contributed by atoms with Gasteiger partial charge in [-0.25, -0.2) is 9.38 Å². The monoisotopic (exact) mass is 514 g/mol. The summed E-state index contributed by atoms with van der Waals surface area (Å²) in [5.41, 5.74) is -1.09. The molecule has 3 aromatic carbocycles. The van der Waals surface area contributed by atoms with Gasteiger partial charge >= 0.3 is 0 Å². The summed E-state index contributed by atoms with van der Waals surface area (Å²) < 4.78 is 13.9. The van der Waals surface area contributed by atoms with Crippen molar-refractivity contribution >= 4 is 5.84 Å². The number of nitrogens with one attached hydrogen (secondary N) is 1. The molecular weight excluding hydrogens is 495 g/mol. The van der Waals surface area contributed by atoms with Crippen molar-refractivity contribution in [3.8, 4) is 57.8 Å². The van der Waals surface area contributed by atoms with Gasteiger partial charge in [0, 0.05) is 12.6 Å². The summed E-state index contributed by atoms with van der Waals surface area (Å²) in [4.78, 5) is 5.47. The van der Waals surface area contributed by atoms with Crippen molar-refractivity contribution in [1.29, 1.82) is 5.26 Å². The molecular formula is C23H19FN4O9. The van der Waals surface area contributed by atoms with Crippen LogP contribution in [-0.2, 0) is 0 Å². The molecule has 4 rings (SSSR count). The Kier molecular flexibility index (Phi) is 5.86. The van der Waals surface area contributed by atoms with E-state index in [9.17, 15) is 55.6 Å². The second-order valence-electron chi connectivity index (χ2n) is 8.04. The molecule has 0 bridgehead atoms. The van der Waals surface area contributed by atoms with Crippen LogP contribution in [0, 0.1) is 17.1 Å². The van der Waals surface area contributed by atoms with Crippen LogP contribution < -0.4 is 5.32 Å². The van der Waals surface area contributed by atoms with Crippen molar-refractivity contribution in [2.45, 2.75) is 12.3 Å². The molecule has 0 saturated carbocycles. The highest BCUT2D eigenvalue weighted by Crippen LogP contribution is 2.53. The van der Waals surface area contributed by atoms with E-state index in [4.69, 9.17) is 0 Å². The van der Waals surface area contributed by atoms with Crippen molar-refractivity contribution in [3.63, 3.8) is 0 Å². The number of phenols is 9. The molecule has 0 aromatic heterocycles. The number of benzene rings is 3. The van der Waals surface area contributed by atoms with Gasteiger partial charge in [-0.2, -0.15) is 5.26 Å². The van der Waals surface area contributed by atoms with Gasteiger partial charge in [0.1, 0.15) is 35.6 Å². The normalized spacial score (nSPS) is 17.3. The van der Waals surface area contributed by atoms with E-state index in [1.54, 1.807) is 6.07 Å². The van der Waals surface area contributed by atoms with Gasteiger partial charge < -0.3 is 50.9 Å². The number of nitrogens with zero attached hydrogens (tertiary/aromatic N) is 3. The smallest absolute Gasteiger partial charge is 0.208 e. The minimum atomic E-state index is -1.29. The molecule has 1 heterocycles. The van der Waals surface area contributed by atoms with Crippen molar-refractivity contribution in [3.05, 3.63) is 52.3 Å². The van der Waals surface area contributed by atoms with E-state index < -0.39 is 75.5 Å². The number of aliphatic imine (C=N–C) groups is 1. The molecule has 3 aromatic rings. The fraction of sp³-hybridized carbons (Fsp3) is 0.130. The summed E-state index contributed by atoms with van der Waals surface area (Å²) >= 11 is 0. The van der Waals surface area contributed by atoms with Crippen LogP contribution in [0.15, 0.2) is 29.3 Å². The summed E-state index contributed by atoms with van der Waals surface area (Å²) in [6, 6.07) is 5.96. The minimum absolute atomic E-state index is 0.173. The van der Waals surface area contributed by atoms with E-state index in [0.29, 0.717) is 0 Å². The van der Waals surface area contributed by atoms with Crippen LogP contribution in [0.25, 0.3) is 0 Å². The molecule has 14 heteroatoms. The molecule has 0 fully saturated rings. The number of hydrogen-bond acceptors (Lipinski definition) is 13. The van der Waals surface area contributed by atoms with Gasteiger partial charge in [0.25, 0.3) is 0 Å². The first kappa shape index (κ1) is 24.8. The first-order chi connectivity index (χ1) is 17.4. The summed E-state index contributed by atoms with van der Waals surface area (Å²) in [6.07, 6.45) is -2.51. The molecule has 0 amide bonds. The molecule has 37 heavy (non-hydrogen) atoms. The molecule has 0 spiro atoms. The van der Waals surface area contributed by atoms with E-state index >= 15 is 0 Å². The number of aromatic hydroxyl groups is 9. The lowest BCUT2D eigenvalue weighted by Gasteiger charge is -2.39. The van der Waals surface area contributed by atoms with Gasteiger partial charge in [-0.15, -0.1) is 0 Å². The predicted octanol–water partition coefficient (Wildman–Crippen LogP) is 1.73. The van der Waals surface area contributed by atoms with Gasteiger partial charge in [0.05, 0.1) is 5.56 Å². The van der Waals surface area contributed by atoms with Crippen LogP contribution >= 0.6 is 0 Å². The van der Waals surface area contributed by atoms with Gasteiger partial charge in [0.2, 0.25) is 28.7 Å². The number of hydrogen-bond donors (Lipinski definition) is 10. The highest BCUT2D eigenvalue weighted by Gasteiger charge is 2.37. The molecule has 0 aliphatic carbocycles. The van der Waals surface area contributed by atoms with Crippen molar-refractivity contribution in [2.75, 3.05) is 7.05 Å². The fourth-order valence-corrected chi connectivity index (χ4v) is 3.90. The Morgan fingerprint density at radius 2 is 1.41 bits per heavy atom. The number of nitriles is 1. The molecule has 0 radical (unpaired) electrons. The number of phenolic OH excluding ortho intramolecular Hbond substituents is 9. The molecule has 13 nitrogen and oxygen atoms in total. The third-order valence-electron chi connectivity index (χ3n) is 5.86. The topological polar surface area (TPSA) is 233 Å². The second-order valence-corrected chi connectivity index (χ2v) is 8.04. The third-order valence-corrected chi connectivity index (χ3v) is 5.86. The molecule has 0 saturated heterocycles. The van der Waals surface area contributed by atoms with Crippen molar-refractivity contribution in [1.82, 2.24) is 10.2 Å². The molecule has 2 unspecified atom stereocenters. The highest BCUT2D eigenvalue weighted by atomic mass is 19.1. The first-order valence-electron chi connectivity index (χ1n) is 10.3. The van der Waals surface area contributed by atoms with E-state index in [1.165, 1.54) is 13.1 Å². The largest absolute Gasteiger partial charge is 0.504 e. The van der Waals surface area contributed by atoms with Crippen LogP contribution in [0.2, 0.25) is 0 Å². The number of halogens is 1. The van der Waals surface area contributed by atoms with Crippen molar-refractivity contribution < 1.29 is 50.3 Å². The second kappa shape index (κ2) is 8.73. The molecule has 1 aliphatic rings. The Labute approximate surface area is 206 Å². The minimum Gasteiger partial charge on any atom is -0.504 e. The summed E-state index contributed by atoms with van der Waals surface area (Å²) in [7, 11) is 1.30. The Morgan fingerprint density at radius 1 is 0.838 bits per heavy atom. The highest BCUT2D eigenvalue weighted by molar-refractivity contribution is 6.06. The maximum absolute atomic E-state index is 13.9. The lowest BCUT2D eigenvalue weighted by atomic mass is 10.0. The lowest BCUT2D eigenvalue weighted by molar-refractivity contribution is 0.245. The average molecular weight is 514 g/mol. The Hall–Kier alpha value is -5.29. The van der Waals surface area contributed by atoms with Gasteiger partial charge in [-0.05, 0) is 23.8 Å². The van der Waals surface area contributed by atoms with E-state index in [1.807, 2.05) is 0 Å². The third kappa shape index (κ3) is 3.79. The number of rotatable bonds is 3. The first-order valence-corrected chi connectivity index (χ1v) is 10.3. The summed E-state index contributed by atoms with van der Waals surface area (Å²) in [5.74, 6) is -10.7. The lowest BCUT2D eigenvalue weighted by Crippen LogP contribution is -2.46. The number of amidine groups is 1. The van der Waals surface area contributed by atoms with Crippen LogP contribution in [-0.4, -0.2) is 63.7 Å². The fourth-order valence-electron chi connectivity index (χ4n) is 3.90. The van der Waals surface area contributed by atoms with Gasteiger partial charge in [-0.1, -0.05) is 6.07 Å². The quantitative estimate of drug-likeness (QED) is 0.178. The van der Waals surface area contributed by atoms with Crippen LogP contribution in [0.3, 0.4) is 0 Å². The molecule has 1 aliphatic heterocycles. The average Bonchev–Trinajstić information content (AvgIpc) is 2.88. The standard InChI is InChI=1S/C23H19FN4O9/c1-28-22(9-5-11(29)14(31)17(34)13(9)30)26-21(7-2-3-10(24)8(4-7)6-25)27-23(28)12-15(32)18(35)20(37)19(36)16(12)33/h2-5,21-22,26,29-37H,1H3. The van der Waals surface area contributed by atoms with Crippen LogP contribution in [0.5, 0.6) is 51.7 Å². The zero-order valence-corrected chi connectivity index (χ0v) is 18.7. The Bertz CT molecular complexity index is 1490. The van der Waals surface area contributed by atoms with E-state index in [2.05, 4.69) is 10.3 Å². The van der Waals surface area contributed by atoms with Gasteiger partial charge in [-0.3, -0.25) is 5.32 Å². The molecule has 10 N–H and O–H groups in total. The van der Waals surface area contributed by atoms with Crippen LogP contribution in [0.4, 0.5) is 4.39 Å². The summed E-state index contributed by atoms with van der Waals surface area (Å²) in [6.45, 7) is 0. The summed E-state index contributed by atoms with van der Waals surface area (Å²) in [5, 5.41) is 103. The van der Waals surface area contributed by atoms with E-state index in [0.717, 1.165) is 23.1 Å². The zero-order valence-electron chi connectivity index (χ0n) is 18.7. The van der Waals surface area contributed by atoms with E-state index in [-0.39, 0.29) is 22.5 Å². The van der Waals surface area contributed by atoms with Crippen LogP contribution in [0.1, 0.15) is 34.6 Å². The predicted molar refractivity (Wildman–Crippen MR) is 122 cm³/mol. The van der Waals surface area contributed by atoms with Gasteiger partial charge in [0.15, 0.2) is 23.0 Å². The maximum atomic E-state index is 13.9. The molecule has 192 valence electrons. The Balaban J connectivity index is 2.00. The Morgan fingerprint density at radius 3 is 2.00 bits per heavy atom. The zero-order chi connectivity index (χ0) is 27.3.